The molecule has 0 unspecified atom stereocenters. The fraction of sp³-hybridized carbons (Fsp3) is 0.455. The van der Waals surface area contributed by atoms with Gasteiger partial charge >= 0.3 is 0 Å². The predicted molar refractivity (Wildman–Crippen MR) is 103 cm³/mol. The van der Waals surface area contributed by atoms with Crippen molar-refractivity contribution in [3.05, 3.63) is 65.2 Å². The van der Waals surface area contributed by atoms with Crippen LogP contribution in [0.1, 0.15) is 71.1 Å². The van der Waals surface area contributed by atoms with E-state index in [1.54, 1.807) is 6.07 Å². The van der Waals surface area contributed by atoms with Crippen molar-refractivity contribution in [2.45, 2.75) is 66.7 Å². The predicted octanol–water partition coefficient (Wildman–Crippen LogP) is 6.83. The molecule has 0 saturated carbocycles. The molecule has 0 aliphatic carbocycles. The van der Waals surface area contributed by atoms with Crippen LogP contribution in [0.15, 0.2) is 48.5 Å². The third kappa shape index (κ3) is 7.88. The van der Waals surface area contributed by atoms with Gasteiger partial charge in [-0.2, -0.15) is 0 Å². The number of hydrogen-bond donors (Lipinski definition) is 1. The second-order valence-corrected chi connectivity index (χ2v) is 6.81. The molecule has 2 aromatic rings. The van der Waals surface area contributed by atoms with Crippen LogP contribution < -0.4 is 0 Å². The van der Waals surface area contributed by atoms with E-state index in [0.717, 1.165) is 5.56 Å². The lowest BCUT2D eigenvalue weighted by molar-refractivity contribution is 0.471. The van der Waals surface area contributed by atoms with Crippen LogP contribution in [-0.2, 0) is 5.41 Å². The van der Waals surface area contributed by atoms with Gasteiger partial charge in [-0.1, -0.05) is 90.9 Å². The highest BCUT2D eigenvalue weighted by molar-refractivity contribution is 5.30. The third-order valence-corrected chi connectivity index (χ3v) is 3.56. The van der Waals surface area contributed by atoms with E-state index in [1.165, 1.54) is 11.1 Å². The first kappa shape index (κ1) is 21.2. The maximum absolute atomic E-state index is 8.92. The van der Waals surface area contributed by atoms with Gasteiger partial charge < -0.3 is 5.11 Å². The molecule has 0 atom stereocenters. The Balaban J connectivity index is 0.000000414. The Morgan fingerprint density at radius 3 is 1.61 bits per heavy atom. The standard InChI is InChI=1S/C13H20.C7H8O.C2H6/c1-10(2)11-6-8-12(9-7-11)13(3,4)5;1-6-4-2-3-5-7(6)8;1-2/h6-10H,1-5H3;2-5,8H,1H3;1-2H3. The molecule has 0 amide bonds. The number of aryl methyl sites for hydroxylation is 1. The van der Waals surface area contributed by atoms with Gasteiger partial charge in [0.15, 0.2) is 0 Å². The quantitative estimate of drug-likeness (QED) is 0.611. The summed E-state index contributed by atoms with van der Waals surface area (Å²) in [6, 6.07) is 16.2. The molecule has 0 aliphatic heterocycles. The van der Waals surface area contributed by atoms with Crippen LogP contribution in [0.3, 0.4) is 0 Å². The molecule has 23 heavy (non-hydrogen) atoms. The number of aromatic hydroxyl groups is 1. The van der Waals surface area contributed by atoms with Crippen LogP contribution in [-0.4, -0.2) is 5.11 Å². The Bertz CT molecular complexity index is 524. The number of para-hydroxylation sites is 1. The Kier molecular flexibility index (Phi) is 9.32. The number of phenolic OH excluding ortho intramolecular Hbond substituents is 1. The van der Waals surface area contributed by atoms with Crippen molar-refractivity contribution >= 4 is 0 Å². The van der Waals surface area contributed by atoms with Gasteiger partial charge in [0.1, 0.15) is 5.75 Å². The van der Waals surface area contributed by atoms with E-state index in [4.69, 9.17) is 5.11 Å². The molecule has 0 radical (unpaired) electrons. The van der Waals surface area contributed by atoms with Gasteiger partial charge in [0.05, 0.1) is 0 Å². The summed E-state index contributed by atoms with van der Waals surface area (Å²) in [5.74, 6) is 1.00. The first-order valence-electron chi connectivity index (χ1n) is 8.57. The highest BCUT2D eigenvalue weighted by Crippen LogP contribution is 2.24. The first-order valence-corrected chi connectivity index (χ1v) is 8.57. The van der Waals surface area contributed by atoms with Crippen LogP contribution in [0.4, 0.5) is 0 Å². The highest BCUT2D eigenvalue weighted by atomic mass is 16.3. The third-order valence-electron chi connectivity index (χ3n) is 3.56. The molecule has 0 saturated heterocycles. The molecule has 2 aromatic carbocycles. The molecule has 128 valence electrons. The number of benzene rings is 2. The maximum atomic E-state index is 8.92. The van der Waals surface area contributed by atoms with E-state index in [9.17, 15) is 0 Å². The van der Waals surface area contributed by atoms with E-state index >= 15 is 0 Å². The van der Waals surface area contributed by atoms with Gasteiger partial charge in [0.25, 0.3) is 0 Å². The Hall–Kier alpha value is -1.76. The van der Waals surface area contributed by atoms with E-state index < -0.39 is 0 Å². The summed E-state index contributed by atoms with van der Waals surface area (Å²) in [6.45, 7) is 17.1. The zero-order chi connectivity index (χ0) is 18.0. The molecule has 0 fully saturated rings. The van der Waals surface area contributed by atoms with Gasteiger partial charge in [-0.25, -0.2) is 0 Å². The molecule has 2 rings (SSSR count). The summed E-state index contributed by atoms with van der Waals surface area (Å²) in [7, 11) is 0. The average molecular weight is 315 g/mol. The topological polar surface area (TPSA) is 20.2 Å². The SMILES string of the molecule is CC.CC(C)c1ccc(C(C)(C)C)cc1.Cc1ccccc1O. The summed E-state index contributed by atoms with van der Waals surface area (Å²) < 4.78 is 0. The van der Waals surface area contributed by atoms with Crippen molar-refractivity contribution < 1.29 is 5.11 Å². The monoisotopic (exact) mass is 314 g/mol. The van der Waals surface area contributed by atoms with Crippen LogP contribution in [0.25, 0.3) is 0 Å². The zero-order valence-corrected chi connectivity index (χ0v) is 16.1. The van der Waals surface area contributed by atoms with E-state index in [0.29, 0.717) is 11.7 Å². The summed E-state index contributed by atoms with van der Waals surface area (Å²) in [5, 5.41) is 8.92. The number of rotatable bonds is 1. The highest BCUT2D eigenvalue weighted by Gasteiger charge is 2.12. The number of phenols is 1. The lowest BCUT2D eigenvalue weighted by Gasteiger charge is -2.19. The van der Waals surface area contributed by atoms with Crippen molar-refractivity contribution in [2.75, 3.05) is 0 Å². The van der Waals surface area contributed by atoms with Crippen LogP contribution in [0, 0.1) is 6.92 Å². The second-order valence-electron chi connectivity index (χ2n) is 6.81. The van der Waals surface area contributed by atoms with Crippen molar-refractivity contribution in [3.63, 3.8) is 0 Å². The summed E-state index contributed by atoms with van der Waals surface area (Å²) in [5.41, 5.74) is 4.03. The summed E-state index contributed by atoms with van der Waals surface area (Å²) >= 11 is 0. The van der Waals surface area contributed by atoms with Crippen LogP contribution in [0.5, 0.6) is 5.75 Å². The molecule has 0 spiro atoms. The fourth-order valence-corrected chi connectivity index (χ4v) is 1.93. The normalized spacial score (nSPS) is 10.3. The maximum Gasteiger partial charge on any atom is 0.118 e. The molecule has 1 heteroatoms. The van der Waals surface area contributed by atoms with Crippen LogP contribution >= 0.6 is 0 Å². The molecular weight excluding hydrogens is 280 g/mol. The minimum Gasteiger partial charge on any atom is -0.508 e. The molecular formula is C22H34O. The Morgan fingerprint density at radius 2 is 1.30 bits per heavy atom. The summed E-state index contributed by atoms with van der Waals surface area (Å²) in [6.07, 6.45) is 0. The Labute approximate surface area is 143 Å². The molecule has 1 nitrogen and oxygen atoms in total. The van der Waals surface area contributed by atoms with E-state index in [-0.39, 0.29) is 5.41 Å². The lowest BCUT2D eigenvalue weighted by Crippen LogP contribution is -2.10. The van der Waals surface area contributed by atoms with E-state index in [2.05, 4.69) is 58.9 Å². The Morgan fingerprint density at radius 1 is 0.826 bits per heavy atom. The van der Waals surface area contributed by atoms with Crippen molar-refractivity contribution in [1.29, 1.82) is 0 Å². The average Bonchev–Trinajstić information content (AvgIpc) is 2.52. The van der Waals surface area contributed by atoms with Gasteiger partial charge in [-0.05, 0) is 41.0 Å². The molecule has 0 bridgehead atoms. The minimum atomic E-state index is 0.273. The molecule has 1 N–H and O–H groups in total. The second kappa shape index (κ2) is 10.1. The van der Waals surface area contributed by atoms with Crippen molar-refractivity contribution in [2.24, 2.45) is 0 Å². The zero-order valence-electron chi connectivity index (χ0n) is 16.1. The lowest BCUT2D eigenvalue weighted by atomic mass is 9.86. The van der Waals surface area contributed by atoms with Gasteiger partial charge in [0.2, 0.25) is 0 Å². The minimum absolute atomic E-state index is 0.273. The largest absolute Gasteiger partial charge is 0.508 e. The fourth-order valence-electron chi connectivity index (χ4n) is 1.93. The van der Waals surface area contributed by atoms with Gasteiger partial charge in [0, 0.05) is 0 Å². The summed E-state index contributed by atoms with van der Waals surface area (Å²) in [4.78, 5) is 0. The molecule has 0 heterocycles. The van der Waals surface area contributed by atoms with Crippen molar-refractivity contribution in [3.8, 4) is 5.75 Å². The smallest absolute Gasteiger partial charge is 0.118 e. The van der Waals surface area contributed by atoms with Gasteiger partial charge in [-0.3, -0.25) is 0 Å². The van der Waals surface area contributed by atoms with Crippen molar-refractivity contribution in [1.82, 2.24) is 0 Å². The van der Waals surface area contributed by atoms with Crippen LogP contribution in [0.2, 0.25) is 0 Å². The molecule has 0 aromatic heterocycles. The van der Waals surface area contributed by atoms with Gasteiger partial charge in [-0.15, -0.1) is 0 Å². The molecule has 0 aliphatic rings. The first-order chi connectivity index (χ1) is 10.7. The van der Waals surface area contributed by atoms with E-state index in [1.807, 2.05) is 39.0 Å². The number of hydrogen-bond acceptors (Lipinski definition) is 1.